The summed E-state index contributed by atoms with van der Waals surface area (Å²) in [5.74, 6) is 0.799. The molecular weight excluding hydrogens is 234 g/mol. The molecule has 2 rings (SSSR count). The third-order valence-electron chi connectivity index (χ3n) is 2.56. The van der Waals surface area contributed by atoms with Gasteiger partial charge in [-0.2, -0.15) is 0 Å². The van der Waals surface area contributed by atoms with Gasteiger partial charge in [-0.1, -0.05) is 41.9 Å². The molecule has 0 radical (unpaired) electrons. The molecule has 17 heavy (non-hydrogen) atoms. The Hall–Kier alpha value is -1.61. The number of rotatable bonds is 4. The summed E-state index contributed by atoms with van der Waals surface area (Å²) in [4.78, 5) is 10.3. The van der Waals surface area contributed by atoms with Crippen LogP contribution in [0.3, 0.4) is 0 Å². The van der Waals surface area contributed by atoms with Crippen LogP contribution in [0.5, 0.6) is 0 Å². The van der Waals surface area contributed by atoms with Crippen LogP contribution in [0, 0.1) is 0 Å². The Labute approximate surface area is 106 Å². The van der Waals surface area contributed by atoms with Crippen molar-refractivity contribution in [1.82, 2.24) is 9.97 Å². The quantitative estimate of drug-likeness (QED) is 0.832. The van der Waals surface area contributed by atoms with Gasteiger partial charge < -0.3 is 4.90 Å². The molecule has 0 unspecified atom stereocenters. The molecule has 0 N–H and O–H groups in total. The number of benzene rings is 1. The van der Waals surface area contributed by atoms with Crippen LogP contribution in [0.15, 0.2) is 42.7 Å². The molecule has 1 aromatic carbocycles. The summed E-state index contributed by atoms with van der Waals surface area (Å²) in [6, 6.07) is 10.4. The molecule has 0 aliphatic carbocycles. The van der Waals surface area contributed by atoms with Crippen LogP contribution in [0.1, 0.15) is 5.56 Å². The Kier molecular flexibility index (Phi) is 3.94. The Morgan fingerprint density at radius 3 is 2.65 bits per heavy atom. The van der Waals surface area contributed by atoms with E-state index in [9.17, 15) is 0 Å². The fourth-order valence-corrected chi connectivity index (χ4v) is 1.72. The number of anilines is 1. The van der Waals surface area contributed by atoms with Crippen LogP contribution >= 0.6 is 11.6 Å². The van der Waals surface area contributed by atoms with E-state index >= 15 is 0 Å². The molecule has 0 fully saturated rings. The fraction of sp³-hybridized carbons (Fsp3) is 0.231. The van der Waals surface area contributed by atoms with Crippen molar-refractivity contribution < 1.29 is 0 Å². The molecule has 1 heterocycles. The van der Waals surface area contributed by atoms with Crippen molar-refractivity contribution >= 4 is 17.4 Å². The number of nitrogens with zero attached hydrogens (tertiary/aromatic N) is 3. The molecule has 0 bridgehead atoms. The van der Waals surface area contributed by atoms with E-state index in [0.717, 1.165) is 18.8 Å². The topological polar surface area (TPSA) is 29.0 Å². The minimum absolute atomic E-state index is 0.425. The van der Waals surface area contributed by atoms with Gasteiger partial charge in [0.15, 0.2) is 0 Å². The lowest BCUT2D eigenvalue weighted by Gasteiger charge is -2.17. The number of halogens is 1. The second kappa shape index (κ2) is 5.64. The number of hydrogen-bond donors (Lipinski definition) is 0. The lowest BCUT2D eigenvalue weighted by Crippen LogP contribution is -2.21. The number of hydrogen-bond acceptors (Lipinski definition) is 3. The standard InChI is InChI=1S/C13H14ClN3/c1-17(13-10-15-9-12(14)16-13)8-7-11-5-3-2-4-6-11/h2-6,9-10H,7-8H2,1H3. The molecule has 0 saturated heterocycles. The minimum atomic E-state index is 0.425. The van der Waals surface area contributed by atoms with E-state index in [1.54, 1.807) is 6.20 Å². The molecule has 0 aliphatic rings. The molecule has 3 nitrogen and oxygen atoms in total. The van der Waals surface area contributed by atoms with Crippen LogP contribution in [-0.4, -0.2) is 23.6 Å². The molecule has 0 saturated carbocycles. The van der Waals surface area contributed by atoms with Crippen molar-refractivity contribution in [2.75, 3.05) is 18.5 Å². The average molecular weight is 248 g/mol. The van der Waals surface area contributed by atoms with Gasteiger partial charge in [-0.3, -0.25) is 4.98 Å². The van der Waals surface area contributed by atoms with Crippen molar-refractivity contribution in [2.24, 2.45) is 0 Å². The predicted molar refractivity (Wildman–Crippen MR) is 70.5 cm³/mol. The van der Waals surface area contributed by atoms with Crippen molar-refractivity contribution in [3.8, 4) is 0 Å². The zero-order valence-electron chi connectivity index (χ0n) is 9.68. The summed E-state index contributed by atoms with van der Waals surface area (Å²) >= 11 is 5.81. The maximum absolute atomic E-state index is 5.81. The molecule has 0 aliphatic heterocycles. The van der Waals surface area contributed by atoms with E-state index < -0.39 is 0 Å². The van der Waals surface area contributed by atoms with Gasteiger partial charge in [0.2, 0.25) is 0 Å². The Bertz CT molecular complexity index is 473. The minimum Gasteiger partial charge on any atom is -0.358 e. The van der Waals surface area contributed by atoms with Gasteiger partial charge in [-0.15, -0.1) is 0 Å². The van der Waals surface area contributed by atoms with Gasteiger partial charge in [-0.05, 0) is 12.0 Å². The van der Waals surface area contributed by atoms with Gasteiger partial charge in [0, 0.05) is 13.6 Å². The highest BCUT2D eigenvalue weighted by Gasteiger charge is 2.03. The third kappa shape index (κ3) is 3.43. The summed E-state index contributed by atoms with van der Waals surface area (Å²) in [5, 5.41) is 0.425. The van der Waals surface area contributed by atoms with Crippen molar-refractivity contribution in [3.05, 3.63) is 53.4 Å². The normalized spacial score (nSPS) is 10.2. The van der Waals surface area contributed by atoms with E-state index in [-0.39, 0.29) is 0 Å². The van der Waals surface area contributed by atoms with Gasteiger partial charge >= 0.3 is 0 Å². The van der Waals surface area contributed by atoms with Crippen molar-refractivity contribution in [3.63, 3.8) is 0 Å². The van der Waals surface area contributed by atoms with Gasteiger partial charge in [0.1, 0.15) is 11.0 Å². The first kappa shape index (κ1) is 11.9. The molecular formula is C13H14ClN3. The highest BCUT2D eigenvalue weighted by atomic mass is 35.5. The smallest absolute Gasteiger partial charge is 0.149 e. The third-order valence-corrected chi connectivity index (χ3v) is 2.74. The van der Waals surface area contributed by atoms with Crippen LogP contribution in [-0.2, 0) is 6.42 Å². The highest BCUT2D eigenvalue weighted by Crippen LogP contribution is 2.11. The lowest BCUT2D eigenvalue weighted by atomic mass is 10.1. The maximum Gasteiger partial charge on any atom is 0.149 e. The molecule has 4 heteroatoms. The van der Waals surface area contributed by atoms with Crippen molar-refractivity contribution in [2.45, 2.75) is 6.42 Å². The number of aromatic nitrogens is 2. The fourth-order valence-electron chi connectivity index (χ4n) is 1.57. The molecule has 2 aromatic rings. The second-order valence-electron chi connectivity index (χ2n) is 3.86. The first-order chi connectivity index (χ1) is 8.25. The molecule has 0 atom stereocenters. The summed E-state index contributed by atoms with van der Waals surface area (Å²) in [7, 11) is 1.99. The summed E-state index contributed by atoms with van der Waals surface area (Å²) < 4.78 is 0. The number of likely N-dealkylation sites (N-methyl/N-ethyl adjacent to an activating group) is 1. The highest BCUT2D eigenvalue weighted by molar-refractivity contribution is 6.29. The van der Waals surface area contributed by atoms with Gasteiger partial charge in [-0.25, -0.2) is 4.98 Å². The van der Waals surface area contributed by atoms with E-state index in [2.05, 4.69) is 34.2 Å². The van der Waals surface area contributed by atoms with E-state index in [4.69, 9.17) is 11.6 Å². The second-order valence-corrected chi connectivity index (χ2v) is 4.24. The maximum atomic E-state index is 5.81. The SMILES string of the molecule is CN(CCc1ccccc1)c1cncc(Cl)n1. The Morgan fingerprint density at radius 1 is 1.18 bits per heavy atom. The molecule has 0 spiro atoms. The van der Waals surface area contributed by atoms with E-state index in [0.29, 0.717) is 5.15 Å². The molecule has 0 amide bonds. The zero-order chi connectivity index (χ0) is 12.1. The predicted octanol–water partition coefficient (Wildman–Crippen LogP) is 2.81. The largest absolute Gasteiger partial charge is 0.358 e. The first-order valence-electron chi connectivity index (χ1n) is 5.48. The zero-order valence-corrected chi connectivity index (χ0v) is 10.4. The monoisotopic (exact) mass is 247 g/mol. The van der Waals surface area contributed by atoms with Crippen LogP contribution < -0.4 is 4.90 Å². The Morgan fingerprint density at radius 2 is 1.94 bits per heavy atom. The summed E-state index contributed by atoms with van der Waals surface area (Å²) in [6.07, 6.45) is 4.23. The van der Waals surface area contributed by atoms with Crippen LogP contribution in [0.2, 0.25) is 5.15 Å². The van der Waals surface area contributed by atoms with Crippen LogP contribution in [0.4, 0.5) is 5.82 Å². The molecule has 88 valence electrons. The molecule has 1 aromatic heterocycles. The van der Waals surface area contributed by atoms with Crippen LogP contribution in [0.25, 0.3) is 0 Å². The van der Waals surface area contributed by atoms with Gasteiger partial charge in [0.05, 0.1) is 12.4 Å². The van der Waals surface area contributed by atoms with Crippen molar-refractivity contribution in [1.29, 1.82) is 0 Å². The average Bonchev–Trinajstić information content (AvgIpc) is 2.37. The summed E-state index contributed by atoms with van der Waals surface area (Å²) in [6.45, 7) is 0.888. The van der Waals surface area contributed by atoms with E-state index in [1.807, 2.05) is 18.0 Å². The summed E-state index contributed by atoms with van der Waals surface area (Å²) in [5.41, 5.74) is 1.31. The first-order valence-corrected chi connectivity index (χ1v) is 5.86. The Balaban J connectivity index is 1.96. The van der Waals surface area contributed by atoms with E-state index in [1.165, 1.54) is 11.8 Å². The van der Waals surface area contributed by atoms with Gasteiger partial charge in [0.25, 0.3) is 0 Å². The lowest BCUT2D eigenvalue weighted by molar-refractivity contribution is 0.855.